The van der Waals surface area contributed by atoms with Gasteiger partial charge in [0.15, 0.2) is 0 Å². The summed E-state index contributed by atoms with van der Waals surface area (Å²) in [4.78, 5) is 11.5. The lowest BCUT2D eigenvalue weighted by Crippen LogP contribution is -2.14. The van der Waals surface area contributed by atoms with Crippen LogP contribution in [0.5, 0.6) is 0 Å². The van der Waals surface area contributed by atoms with Crippen LogP contribution >= 0.6 is 0 Å². The molecule has 0 unspecified atom stereocenters. The maximum absolute atomic E-state index is 11.5. The van der Waals surface area contributed by atoms with Crippen molar-refractivity contribution in [2.45, 2.75) is 32.4 Å². The zero-order chi connectivity index (χ0) is 10.8. The molecular formula is C10H14N2O3. The number of hydrogen-bond acceptors (Lipinski definition) is 4. The van der Waals surface area contributed by atoms with Crippen LogP contribution in [0, 0.1) is 0 Å². The molecule has 1 aliphatic heterocycles. The summed E-state index contributed by atoms with van der Waals surface area (Å²) in [7, 11) is 1.34. The highest BCUT2D eigenvalue weighted by molar-refractivity contribution is 5.92. The molecule has 1 aromatic rings. The minimum absolute atomic E-state index is 0.218. The van der Waals surface area contributed by atoms with Crippen LogP contribution in [-0.2, 0) is 24.3 Å². The van der Waals surface area contributed by atoms with E-state index in [2.05, 4.69) is 5.10 Å². The zero-order valence-corrected chi connectivity index (χ0v) is 8.69. The molecule has 0 aromatic carbocycles. The van der Waals surface area contributed by atoms with Gasteiger partial charge in [0.2, 0.25) is 0 Å². The van der Waals surface area contributed by atoms with Gasteiger partial charge in [0.05, 0.1) is 19.4 Å². The van der Waals surface area contributed by atoms with E-state index in [9.17, 15) is 4.79 Å². The molecule has 0 fully saturated rings. The fourth-order valence-electron chi connectivity index (χ4n) is 1.99. The first-order valence-electron chi connectivity index (χ1n) is 5.05. The molecule has 0 saturated heterocycles. The third-order valence-electron chi connectivity index (χ3n) is 2.70. The number of hydrogen-bond donors (Lipinski definition) is 1. The summed E-state index contributed by atoms with van der Waals surface area (Å²) in [5.74, 6) is -0.401. The van der Waals surface area contributed by atoms with Gasteiger partial charge in [0.1, 0.15) is 11.3 Å². The Hall–Kier alpha value is -1.36. The second-order valence-electron chi connectivity index (χ2n) is 3.60. The molecule has 15 heavy (non-hydrogen) atoms. The summed E-state index contributed by atoms with van der Waals surface area (Å²) >= 11 is 0. The first kappa shape index (κ1) is 10.2. The minimum Gasteiger partial charge on any atom is -0.465 e. The van der Waals surface area contributed by atoms with E-state index >= 15 is 0 Å². The summed E-state index contributed by atoms with van der Waals surface area (Å²) < 4.78 is 6.51. The molecule has 2 rings (SSSR count). The van der Waals surface area contributed by atoms with Crippen LogP contribution in [-0.4, -0.2) is 28.0 Å². The number of aromatic nitrogens is 2. The second kappa shape index (κ2) is 4.02. The van der Waals surface area contributed by atoms with Crippen molar-refractivity contribution in [2.24, 2.45) is 0 Å². The van der Waals surface area contributed by atoms with Gasteiger partial charge in [-0.3, -0.25) is 4.68 Å². The van der Waals surface area contributed by atoms with E-state index in [4.69, 9.17) is 9.84 Å². The molecule has 82 valence electrons. The lowest BCUT2D eigenvalue weighted by atomic mass is 10.1. The van der Waals surface area contributed by atoms with Gasteiger partial charge in [0.25, 0.3) is 0 Å². The molecule has 0 atom stereocenters. The van der Waals surface area contributed by atoms with Crippen molar-refractivity contribution >= 4 is 5.97 Å². The van der Waals surface area contributed by atoms with Crippen molar-refractivity contribution in [1.29, 1.82) is 0 Å². The molecule has 5 heteroatoms. The standard InChI is InChI=1S/C10H14N2O3/c1-15-10(14)9-7(6-13)11-12-5-3-2-4-8(9)12/h13H,2-6H2,1H3. The maximum Gasteiger partial charge on any atom is 0.341 e. The Kier molecular flexibility index (Phi) is 2.73. The van der Waals surface area contributed by atoms with Gasteiger partial charge in [-0.25, -0.2) is 4.79 Å². The smallest absolute Gasteiger partial charge is 0.341 e. The third kappa shape index (κ3) is 1.63. The highest BCUT2D eigenvalue weighted by atomic mass is 16.5. The Balaban J connectivity index is 2.49. The second-order valence-corrected chi connectivity index (χ2v) is 3.60. The van der Waals surface area contributed by atoms with E-state index in [0.717, 1.165) is 31.5 Å². The summed E-state index contributed by atoms with van der Waals surface area (Å²) in [6.07, 6.45) is 2.96. The molecule has 0 amide bonds. The van der Waals surface area contributed by atoms with Crippen molar-refractivity contribution in [1.82, 2.24) is 9.78 Å². The lowest BCUT2D eigenvalue weighted by molar-refractivity contribution is 0.0595. The normalized spacial score (nSPS) is 14.8. The number of esters is 1. The summed E-state index contributed by atoms with van der Waals surface area (Å²) in [6.45, 7) is 0.601. The van der Waals surface area contributed by atoms with Crippen LogP contribution in [0.1, 0.15) is 34.6 Å². The number of carbonyl (C=O) groups excluding carboxylic acids is 1. The Bertz CT molecular complexity index is 384. The number of methoxy groups -OCH3 is 1. The van der Waals surface area contributed by atoms with Gasteiger partial charge < -0.3 is 9.84 Å². The molecule has 2 heterocycles. The molecule has 0 spiro atoms. The topological polar surface area (TPSA) is 64.3 Å². The largest absolute Gasteiger partial charge is 0.465 e. The summed E-state index contributed by atoms with van der Waals surface area (Å²) in [5, 5.41) is 13.3. The average molecular weight is 210 g/mol. The molecule has 0 radical (unpaired) electrons. The molecule has 5 nitrogen and oxygen atoms in total. The molecule has 1 aliphatic rings. The van der Waals surface area contributed by atoms with E-state index in [0.29, 0.717) is 11.3 Å². The van der Waals surface area contributed by atoms with E-state index < -0.39 is 5.97 Å². The summed E-state index contributed by atoms with van der Waals surface area (Å²) in [6, 6.07) is 0. The average Bonchev–Trinajstić information content (AvgIpc) is 2.66. The number of fused-ring (bicyclic) bond motifs is 1. The van der Waals surface area contributed by atoms with Crippen molar-refractivity contribution in [2.75, 3.05) is 7.11 Å². The number of ether oxygens (including phenoxy) is 1. The highest BCUT2D eigenvalue weighted by Crippen LogP contribution is 2.22. The quantitative estimate of drug-likeness (QED) is 0.722. The Morgan fingerprint density at radius 1 is 1.60 bits per heavy atom. The maximum atomic E-state index is 11.5. The Morgan fingerprint density at radius 3 is 3.07 bits per heavy atom. The summed E-state index contributed by atoms with van der Waals surface area (Å²) in [5.41, 5.74) is 1.79. The van der Waals surface area contributed by atoms with Crippen molar-refractivity contribution < 1.29 is 14.6 Å². The monoisotopic (exact) mass is 210 g/mol. The zero-order valence-electron chi connectivity index (χ0n) is 8.69. The predicted molar refractivity (Wildman–Crippen MR) is 52.4 cm³/mol. The number of aliphatic hydroxyl groups is 1. The minimum atomic E-state index is -0.401. The van der Waals surface area contributed by atoms with Crippen LogP contribution < -0.4 is 0 Å². The van der Waals surface area contributed by atoms with Crippen LogP contribution in [0.3, 0.4) is 0 Å². The van der Waals surface area contributed by atoms with E-state index in [1.54, 1.807) is 4.68 Å². The van der Waals surface area contributed by atoms with Gasteiger partial charge in [0, 0.05) is 6.54 Å². The number of nitrogens with zero attached hydrogens (tertiary/aromatic N) is 2. The Morgan fingerprint density at radius 2 is 2.40 bits per heavy atom. The number of rotatable bonds is 2. The van der Waals surface area contributed by atoms with Crippen molar-refractivity contribution in [3.05, 3.63) is 17.0 Å². The van der Waals surface area contributed by atoms with Gasteiger partial charge >= 0.3 is 5.97 Å². The highest BCUT2D eigenvalue weighted by Gasteiger charge is 2.25. The number of carbonyl (C=O) groups is 1. The number of aliphatic hydroxyl groups excluding tert-OH is 1. The van der Waals surface area contributed by atoms with E-state index in [1.807, 2.05) is 0 Å². The molecule has 0 bridgehead atoms. The molecular weight excluding hydrogens is 196 g/mol. The fraction of sp³-hybridized carbons (Fsp3) is 0.600. The van der Waals surface area contributed by atoms with Crippen LogP contribution in [0.2, 0.25) is 0 Å². The molecule has 0 aliphatic carbocycles. The molecule has 1 N–H and O–H groups in total. The third-order valence-corrected chi connectivity index (χ3v) is 2.70. The first-order valence-corrected chi connectivity index (χ1v) is 5.05. The van der Waals surface area contributed by atoms with Gasteiger partial charge in [-0.15, -0.1) is 0 Å². The predicted octanol–water partition coefficient (Wildman–Crippen LogP) is 0.498. The molecule has 0 saturated carbocycles. The first-order chi connectivity index (χ1) is 7.27. The lowest BCUT2D eigenvalue weighted by Gasteiger charge is -2.13. The van der Waals surface area contributed by atoms with E-state index in [1.165, 1.54) is 7.11 Å². The van der Waals surface area contributed by atoms with Crippen molar-refractivity contribution in [3.8, 4) is 0 Å². The van der Waals surface area contributed by atoms with Crippen LogP contribution in [0.15, 0.2) is 0 Å². The van der Waals surface area contributed by atoms with Crippen LogP contribution in [0.25, 0.3) is 0 Å². The SMILES string of the molecule is COC(=O)c1c(CO)nn2c1CCCC2. The number of aryl methyl sites for hydroxylation is 1. The Labute approximate surface area is 87.7 Å². The fourth-order valence-corrected chi connectivity index (χ4v) is 1.99. The van der Waals surface area contributed by atoms with E-state index in [-0.39, 0.29) is 6.61 Å². The van der Waals surface area contributed by atoms with Gasteiger partial charge in [-0.2, -0.15) is 5.10 Å². The molecule has 1 aromatic heterocycles. The van der Waals surface area contributed by atoms with Gasteiger partial charge in [-0.05, 0) is 19.3 Å². The van der Waals surface area contributed by atoms with Crippen molar-refractivity contribution in [3.63, 3.8) is 0 Å². The van der Waals surface area contributed by atoms with Crippen LogP contribution in [0.4, 0.5) is 0 Å². The van der Waals surface area contributed by atoms with Gasteiger partial charge in [-0.1, -0.05) is 0 Å².